The van der Waals surface area contributed by atoms with Crippen molar-refractivity contribution in [3.05, 3.63) is 51.4 Å². The molecule has 1 aromatic carbocycles. The molecule has 1 heterocycles. The number of anilines is 1. The molecule has 0 bridgehead atoms. The third-order valence-electron chi connectivity index (χ3n) is 3.42. The van der Waals surface area contributed by atoms with E-state index < -0.39 is 0 Å². The molecule has 2 aromatic rings. The minimum atomic E-state index is 0.137. The number of halogens is 2. The summed E-state index contributed by atoms with van der Waals surface area (Å²) in [6, 6.07) is 7.98. The van der Waals surface area contributed by atoms with Crippen LogP contribution in [0, 0.1) is 13.8 Å². The number of benzene rings is 1. The molecule has 0 spiro atoms. The van der Waals surface area contributed by atoms with Gasteiger partial charge >= 0.3 is 0 Å². The molecule has 0 aliphatic carbocycles. The van der Waals surface area contributed by atoms with Crippen LogP contribution in [0.15, 0.2) is 24.3 Å². The van der Waals surface area contributed by atoms with Crippen molar-refractivity contribution in [1.29, 1.82) is 0 Å². The van der Waals surface area contributed by atoms with E-state index in [9.17, 15) is 0 Å². The molecule has 0 saturated carbocycles. The van der Waals surface area contributed by atoms with Crippen LogP contribution in [-0.4, -0.2) is 17.0 Å². The first-order chi connectivity index (χ1) is 9.40. The van der Waals surface area contributed by atoms with Crippen LogP contribution in [0.25, 0.3) is 0 Å². The van der Waals surface area contributed by atoms with Crippen LogP contribution in [0.1, 0.15) is 29.9 Å². The first kappa shape index (κ1) is 15.1. The zero-order valence-electron chi connectivity index (χ0n) is 12.0. The maximum absolute atomic E-state index is 6.14. The molecule has 0 aliphatic heterocycles. The van der Waals surface area contributed by atoms with E-state index in [0.29, 0.717) is 11.0 Å². The number of nitrogens with zero attached hydrogens (tertiary/aromatic N) is 3. The molecule has 0 aliphatic rings. The SMILES string of the molecule is Cc1nc(Cl)c(C)c(N(C)C(C)c2cccc(Cl)c2)n1. The lowest BCUT2D eigenvalue weighted by Gasteiger charge is -2.28. The highest BCUT2D eigenvalue weighted by Crippen LogP contribution is 2.29. The highest BCUT2D eigenvalue weighted by molar-refractivity contribution is 6.30. The van der Waals surface area contributed by atoms with Gasteiger partial charge in [-0.1, -0.05) is 35.3 Å². The Bertz CT molecular complexity index is 629. The van der Waals surface area contributed by atoms with Gasteiger partial charge in [-0.3, -0.25) is 0 Å². The van der Waals surface area contributed by atoms with Gasteiger partial charge in [0.25, 0.3) is 0 Å². The van der Waals surface area contributed by atoms with Gasteiger partial charge in [0, 0.05) is 17.6 Å². The Kier molecular flexibility index (Phi) is 4.51. The Balaban J connectivity index is 2.38. The van der Waals surface area contributed by atoms with Crippen LogP contribution in [0.2, 0.25) is 10.2 Å². The molecule has 0 radical (unpaired) electrons. The van der Waals surface area contributed by atoms with E-state index in [1.165, 1.54) is 0 Å². The summed E-state index contributed by atoms with van der Waals surface area (Å²) >= 11 is 12.2. The maximum Gasteiger partial charge on any atom is 0.137 e. The quantitative estimate of drug-likeness (QED) is 0.776. The highest BCUT2D eigenvalue weighted by atomic mass is 35.5. The average molecular weight is 310 g/mol. The Labute approximate surface area is 129 Å². The smallest absolute Gasteiger partial charge is 0.137 e. The molecule has 2 rings (SSSR count). The van der Waals surface area contributed by atoms with Crippen molar-refractivity contribution in [2.45, 2.75) is 26.8 Å². The molecule has 1 unspecified atom stereocenters. The Hall–Kier alpha value is -1.32. The van der Waals surface area contributed by atoms with E-state index in [1.54, 1.807) is 0 Å². The van der Waals surface area contributed by atoms with E-state index in [2.05, 4.69) is 27.9 Å². The van der Waals surface area contributed by atoms with Crippen LogP contribution >= 0.6 is 23.2 Å². The van der Waals surface area contributed by atoms with E-state index in [1.807, 2.05) is 39.1 Å². The number of hydrogen-bond acceptors (Lipinski definition) is 3. The van der Waals surface area contributed by atoms with Crippen molar-refractivity contribution in [3.8, 4) is 0 Å². The molecular formula is C15H17Cl2N3. The van der Waals surface area contributed by atoms with Gasteiger partial charge < -0.3 is 4.90 Å². The Morgan fingerprint density at radius 1 is 1.15 bits per heavy atom. The van der Waals surface area contributed by atoms with Gasteiger partial charge in [0.2, 0.25) is 0 Å². The largest absolute Gasteiger partial charge is 0.353 e. The van der Waals surface area contributed by atoms with Crippen molar-refractivity contribution >= 4 is 29.0 Å². The third kappa shape index (κ3) is 3.05. The Morgan fingerprint density at radius 3 is 2.50 bits per heavy atom. The molecule has 0 N–H and O–H groups in total. The average Bonchev–Trinajstić information content (AvgIpc) is 2.41. The molecule has 20 heavy (non-hydrogen) atoms. The van der Waals surface area contributed by atoms with Gasteiger partial charge in [0.05, 0.1) is 6.04 Å². The lowest BCUT2D eigenvalue weighted by molar-refractivity contribution is 0.721. The number of rotatable bonds is 3. The van der Waals surface area contributed by atoms with E-state index in [0.717, 1.165) is 22.0 Å². The van der Waals surface area contributed by atoms with E-state index >= 15 is 0 Å². The summed E-state index contributed by atoms with van der Waals surface area (Å²) in [5.74, 6) is 1.51. The second-order valence-electron chi connectivity index (χ2n) is 4.85. The lowest BCUT2D eigenvalue weighted by atomic mass is 10.1. The third-order valence-corrected chi connectivity index (χ3v) is 4.02. The van der Waals surface area contributed by atoms with Crippen LogP contribution in [0.3, 0.4) is 0 Å². The summed E-state index contributed by atoms with van der Waals surface area (Å²) in [4.78, 5) is 10.8. The summed E-state index contributed by atoms with van der Waals surface area (Å²) in [7, 11) is 2.00. The highest BCUT2D eigenvalue weighted by Gasteiger charge is 2.18. The standard InChI is InChI=1S/C15H17Cl2N3/c1-9-14(17)18-11(3)19-15(9)20(4)10(2)12-6-5-7-13(16)8-12/h5-8,10H,1-4H3. The van der Waals surface area contributed by atoms with Gasteiger partial charge in [-0.05, 0) is 38.5 Å². The predicted octanol–water partition coefficient (Wildman–Crippen LogP) is 4.60. The van der Waals surface area contributed by atoms with Crippen molar-refractivity contribution < 1.29 is 0 Å². The lowest BCUT2D eigenvalue weighted by Crippen LogP contribution is -2.24. The number of hydrogen-bond donors (Lipinski definition) is 0. The first-order valence-electron chi connectivity index (χ1n) is 6.39. The molecule has 1 atom stereocenters. The van der Waals surface area contributed by atoms with Crippen molar-refractivity contribution in [3.63, 3.8) is 0 Å². The van der Waals surface area contributed by atoms with E-state index in [4.69, 9.17) is 23.2 Å². The summed E-state index contributed by atoms with van der Waals surface area (Å²) in [6.45, 7) is 5.88. The first-order valence-corrected chi connectivity index (χ1v) is 7.14. The maximum atomic E-state index is 6.14. The minimum Gasteiger partial charge on any atom is -0.353 e. The normalized spacial score (nSPS) is 12.3. The van der Waals surface area contributed by atoms with Gasteiger partial charge in [-0.25, -0.2) is 9.97 Å². The second kappa shape index (κ2) is 5.98. The monoisotopic (exact) mass is 309 g/mol. The van der Waals surface area contributed by atoms with Crippen LogP contribution in [0.4, 0.5) is 5.82 Å². The minimum absolute atomic E-state index is 0.137. The zero-order chi connectivity index (χ0) is 14.9. The molecule has 1 aromatic heterocycles. The summed E-state index contributed by atoms with van der Waals surface area (Å²) < 4.78 is 0. The van der Waals surface area contributed by atoms with Crippen LogP contribution < -0.4 is 4.90 Å². The van der Waals surface area contributed by atoms with E-state index in [-0.39, 0.29) is 6.04 Å². The number of aryl methyl sites for hydroxylation is 1. The number of aromatic nitrogens is 2. The van der Waals surface area contributed by atoms with Gasteiger partial charge in [0.15, 0.2) is 0 Å². The van der Waals surface area contributed by atoms with Crippen molar-refractivity contribution in [1.82, 2.24) is 9.97 Å². The molecule has 5 heteroatoms. The van der Waals surface area contributed by atoms with Gasteiger partial charge in [-0.2, -0.15) is 0 Å². The van der Waals surface area contributed by atoms with Gasteiger partial charge in [-0.15, -0.1) is 0 Å². The molecule has 106 valence electrons. The second-order valence-corrected chi connectivity index (χ2v) is 5.65. The summed E-state index contributed by atoms with van der Waals surface area (Å²) in [5.41, 5.74) is 2.01. The topological polar surface area (TPSA) is 29.0 Å². The van der Waals surface area contributed by atoms with Crippen molar-refractivity contribution in [2.24, 2.45) is 0 Å². The predicted molar refractivity (Wildman–Crippen MR) is 84.8 cm³/mol. The molecular weight excluding hydrogens is 293 g/mol. The van der Waals surface area contributed by atoms with Gasteiger partial charge in [0.1, 0.15) is 16.8 Å². The summed E-state index contributed by atoms with van der Waals surface area (Å²) in [6.07, 6.45) is 0. The Morgan fingerprint density at radius 2 is 1.85 bits per heavy atom. The summed E-state index contributed by atoms with van der Waals surface area (Å²) in [5, 5.41) is 1.23. The molecule has 0 saturated heterocycles. The molecule has 3 nitrogen and oxygen atoms in total. The fourth-order valence-electron chi connectivity index (χ4n) is 2.10. The molecule has 0 fully saturated rings. The fraction of sp³-hybridized carbons (Fsp3) is 0.333. The van der Waals surface area contributed by atoms with Crippen LogP contribution in [0.5, 0.6) is 0 Å². The molecule has 0 amide bonds. The van der Waals surface area contributed by atoms with Crippen molar-refractivity contribution in [2.75, 3.05) is 11.9 Å². The van der Waals surface area contributed by atoms with Crippen LogP contribution in [-0.2, 0) is 0 Å². The fourth-order valence-corrected chi connectivity index (χ4v) is 2.50. The zero-order valence-corrected chi connectivity index (χ0v) is 13.5.